The van der Waals surface area contributed by atoms with Gasteiger partial charge in [0, 0.05) is 31.0 Å². The lowest BCUT2D eigenvalue weighted by atomic mass is 10.1. The normalized spacial score (nSPS) is 23.3. The van der Waals surface area contributed by atoms with E-state index in [1.165, 1.54) is 25.9 Å². The molecule has 0 radical (unpaired) electrons. The third kappa shape index (κ3) is 3.26. The first kappa shape index (κ1) is 14.0. The van der Waals surface area contributed by atoms with Gasteiger partial charge in [0.15, 0.2) is 0 Å². The first-order valence-electron chi connectivity index (χ1n) is 7.86. The van der Waals surface area contributed by atoms with Crippen molar-refractivity contribution in [1.82, 2.24) is 9.88 Å². The number of ether oxygens (including phenoxy) is 1. The molecule has 0 amide bonds. The molecule has 2 unspecified atom stereocenters. The fraction of sp³-hybridized carbons (Fsp3) is 0.389. The molecule has 1 aromatic carbocycles. The highest BCUT2D eigenvalue weighted by atomic mass is 35.5. The van der Waals surface area contributed by atoms with Crippen molar-refractivity contribution >= 4 is 11.6 Å². The van der Waals surface area contributed by atoms with E-state index in [9.17, 15) is 0 Å². The van der Waals surface area contributed by atoms with Crippen LogP contribution in [0.5, 0.6) is 5.75 Å². The smallest absolute Gasteiger partial charge is 0.138 e. The summed E-state index contributed by atoms with van der Waals surface area (Å²) in [4.78, 5) is 6.63. The van der Waals surface area contributed by atoms with Gasteiger partial charge in [-0.3, -0.25) is 9.88 Å². The molecule has 0 N–H and O–H groups in total. The second-order valence-electron chi connectivity index (χ2n) is 6.25. The van der Waals surface area contributed by atoms with E-state index < -0.39 is 0 Å². The van der Waals surface area contributed by atoms with Gasteiger partial charge in [0.2, 0.25) is 0 Å². The van der Waals surface area contributed by atoms with Crippen molar-refractivity contribution in [3.63, 3.8) is 0 Å². The molecular formula is C18H19ClN2O. The maximum absolute atomic E-state index is 6.35. The minimum absolute atomic E-state index is 0.578. The number of rotatable bonds is 6. The fourth-order valence-electron chi connectivity index (χ4n) is 2.75. The predicted octanol–water partition coefficient (Wildman–Crippen LogP) is 3.88. The third-order valence-electron chi connectivity index (χ3n) is 4.38. The minimum atomic E-state index is 0.578. The van der Waals surface area contributed by atoms with Gasteiger partial charge in [-0.1, -0.05) is 23.7 Å². The van der Waals surface area contributed by atoms with Crippen LogP contribution in [0.15, 0.2) is 42.7 Å². The van der Waals surface area contributed by atoms with Crippen LogP contribution < -0.4 is 4.74 Å². The van der Waals surface area contributed by atoms with E-state index in [2.05, 4.69) is 9.88 Å². The second kappa shape index (κ2) is 5.90. The molecule has 1 aliphatic carbocycles. The summed E-state index contributed by atoms with van der Waals surface area (Å²) in [5.74, 6) is 1.72. The van der Waals surface area contributed by atoms with E-state index in [0.29, 0.717) is 11.1 Å². The maximum Gasteiger partial charge on any atom is 0.138 e. The topological polar surface area (TPSA) is 25.1 Å². The monoisotopic (exact) mass is 314 g/mol. The average Bonchev–Trinajstić information content (AvgIpc) is 3.46. The lowest BCUT2D eigenvalue weighted by Crippen LogP contribution is -2.12. The molecule has 0 bridgehead atoms. The van der Waals surface area contributed by atoms with E-state index in [4.69, 9.17) is 16.3 Å². The van der Waals surface area contributed by atoms with E-state index in [1.54, 1.807) is 6.20 Å². The third-order valence-corrected chi connectivity index (χ3v) is 4.67. The fourth-order valence-corrected chi connectivity index (χ4v) is 2.99. The molecule has 4 heteroatoms. The standard InChI is InChI=1S/C18H19ClN2O/c19-17-8-14(15-2-1-7-20-9-15)5-6-18(17)22-12-16-11-21(16)10-13-3-4-13/h1-2,5-9,13,16H,3-4,10-12H2. The number of hydrogen-bond donors (Lipinski definition) is 0. The van der Waals surface area contributed by atoms with Gasteiger partial charge >= 0.3 is 0 Å². The minimum Gasteiger partial charge on any atom is -0.490 e. The summed E-state index contributed by atoms with van der Waals surface area (Å²) in [6.07, 6.45) is 6.43. The van der Waals surface area contributed by atoms with Crippen LogP contribution >= 0.6 is 11.6 Å². The Kier molecular flexibility index (Phi) is 3.77. The van der Waals surface area contributed by atoms with Crippen LogP contribution in [0, 0.1) is 5.92 Å². The number of nitrogens with zero attached hydrogens (tertiary/aromatic N) is 2. The Labute approximate surface area is 135 Å². The molecule has 1 aliphatic heterocycles. The zero-order chi connectivity index (χ0) is 14.9. The molecule has 2 atom stereocenters. The summed E-state index contributed by atoms with van der Waals surface area (Å²) in [6.45, 7) is 3.16. The number of halogens is 1. The second-order valence-corrected chi connectivity index (χ2v) is 6.66. The van der Waals surface area contributed by atoms with Gasteiger partial charge in [-0.25, -0.2) is 0 Å². The highest BCUT2D eigenvalue weighted by Crippen LogP contribution is 2.34. The zero-order valence-electron chi connectivity index (χ0n) is 12.4. The summed E-state index contributed by atoms with van der Waals surface area (Å²) < 4.78 is 5.89. The molecule has 114 valence electrons. The molecule has 22 heavy (non-hydrogen) atoms. The molecular weight excluding hydrogens is 296 g/mol. The molecule has 2 aliphatic rings. The van der Waals surface area contributed by atoms with Crippen LogP contribution in [0.1, 0.15) is 12.8 Å². The van der Waals surface area contributed by atoms with E-state index in [0.717, 1.165) is 29.4 Å². The SMILES string of the molecule is Clc1cc(-c2cccnc2)ccc1OCC1CN1CC1CC1. The molecule has 4 rings (SSSR count). The van der Waals surface area contributed by atoms with Crippen molar-refractivity contribution in [1.29, 1.82) is 0 Å². The van der Waals surface area contributed by atoms with Crippen molar-refractivity contribution in [2.24, 2.45) is 5.92 Å². The maximum atomic E-state index is 6.35. The van der Waals surface area contributed by atoms with Gasteiger partial charge in [0.1, 0.15) is 12.4 Å². The highest BCUT2D eigenvalue weighted by Gasteiger charge is 2.38. The van der Waals surface area contributed by atoms with Crippen LogP contribution in [-0.4, -0.2) is 35.6 Å². The number of aromatic nitrogens is 1. The van der Waals surface area contributed by atoms with Crippen LogP contribution in [0.2, 0.25) is 5.02 Å². The summed E-state index contributed by atoms with van der Waals surface area (Å²) >= 11 is 6.35. The number of pyridine rings is 1. The van der Waals surface area contributed by atoms with Crippen molar-refractivity contribution in [2.45, 2.75) is 18.9 Å². The average molecular weight is 315 g/mol. The van der Waals surface area contributed by atoms with Gasteiger partial charge in [-0.15, -0.1) is 0 Å². The van der Waals surface area contributed by atoms with Crippen LogP contribution in [-0.2, 0) is 0 Å². The Balaban J connectivity index is 1.36. The van der Waals surface area contributed by atoms with Crippen molar-refractivity contribution in [2.75, 3.05) is 19.7 Å². The largest absolute Gasteiger partial charge is 0.490 e. The molecule has 1 saturated heterocycles. The van der Waals surface area contributed by atoms with Crippen LogP contribution in [0.25, 0.3) is 11.1 Å². The van der Waals surface area contributed by atoms with Gasteiger partial charge in [0.05, 0.1) is 11.1 Å². The molecule has 2 heterocycles. The quantitative estimate of drug-likeness (QED) is 0.757. The lowest BCUT2D eigenvalue weighted by Gasteiger charge is -2.10. The Bertz CT molecular complexity index is 657. The summed E-state index contributed by atoms with van der Waals surface area (Å²) in [5, 5.41) is 0.663. The first-order valence-corrected chi connectivity index (χ1v) is 8.24. The summed E-state index contributed by atoms with van der Waals surface area (Å²) in [7, 11) is 0. The molecule has 3 nitrogen and oxygen atoms in total. The molecule has 0 spiro atoms. The summed E-state index contributed by atoms with van der Waals surface area (Å²) in [6, 6.07) is 10.5. The Morgan fingerprint density at radius 3 is 2.86 bits per heavy atom. The zero-order valence-corrected chi connectivity index (χ0v) is 13.2. The number of hydrogen-bond acceptors (Lipinski definition) is 3. The Morgan fingerprint density at radius 2 is 2.14 bits per heavy atom. The molecule has 2 fully saturated rings. The first-order chi connectivity index (χ1) is 10.8. The summed E-state index contributed by atoms with van der Waals surface area (Å²) in [5.41, 5.74) is 2.13. The van der Waals surface area contributed by atoms with Crippen LogP contribution in [0.3, 0.4) is 0 Å². The van der Waals surface area contributed by atoms with Crippen LogP contribution in [0.4, 0.5) is 0 Å². The van der Waals surface area contributed by atoms with Gasteiger partial charge < -0.3 is 4.74 Å². The van der Waals surface area contributed by atoms with Crippen molar-refractivity contribution in [3.8, 4) is 16.9 Å². The van der Waals surface area contributed by atoms with E-state index in [1.807, 2.05) is 36.5 Å². The highest BCUT2D eigenvalue weighted by molar-refractivity contribution is 6.32. The molecule has 2 aromatic rings. The molecule has 1 saturated carbocycles. The van der Waals surface area contributed by atoms with Crippen molar-refractivity contribution < 1.29 is 4.74 Å². The lowest BCUT2D eigenvalue weighted by molar-refractivity contribution is 0.292. The predicted molar refractivity (Wildman–Crippen MR) is 88.3 cm³/mol. The van der Waals surface area contributed by atoms with E-state index >= 15 is 0 Å². The van der Waals surface area contributed by atoms with E-state index in [-0.39, 0.29) is 0 Å². The Morgan fingerprint density at radius 1 is 1.23 bits per heavy atom. The number of benzene rings is 1. The van der Waals surface area contributed by atoms with Crippen molar-refractivity contribution in [3.05, 3.63) is 47.7 Å². The Hall–Kier alpha value is -1.58. The van der Waals surface area contributed by atoms with Gasteiger partial charge in [-0.05, 0) is 42.5 Å². The molecule has 1 aromatic heterocycles. The van der Waals surface area contributed by atoms with Gasteiger partial charge in [0.25, 0.3) is 0 Å². The van der Waals surface area contributed by atoms with Gasteiger partial charge in [-0.2, -0.15) is 0 Å².